The van der Waals surface area contributed by atoms with Crippen LogP contribution in [0.4, 0.5) is 17.3 Å². The average molecular weight is 387 g/mol. The predicted octanol–water partition coefficient (Wildman–Crippen LogP) is 3.15. The summed E-state index contributed by atoms with van der Waals surface area (Å²) in [5, 5.41) is 4.16. The fourth-order valence-corrected chi connectivity index (χ4v) is 4.95. The zero-order chi connectivity index (χ0) is 17.3. The highest BCUT2D eigenvalue weighted by atomic mass is 35.5. The molecule has 1 fully saturated rings. The van der Waals surface area contributed by atoms with Crippen molar-refractivity contribution in [1.29, 1.82) is 0 Å². The Morgan fingerprint density at radius 3 is 2.50 bits per heavy atom. The Bertz CT molecular complexity index is 840. The lowest BCUT2D eigenvalue weighted by Gasteiger charge is -2.24. The normalized spacial score (nSPS) is 19.2. The molecule has 1 aromatic heterocycles. The number of halogens is 2. The van der Waals surface area contributed by atoms with E-state index in [2.05, 4.69) is 15.3 Å². The van der Waals surface area contributed by atoms with E-state index in [9.17, 15) is 8.42 Å². The van der Waals surface area contributed by atoms with Crippen molar-refractivity contribution in [2.24, 2.45) is 0 Å². The Labute approximate surface area is 150 Å². The first-order valence-corrected chi connectivity index (χ1v) is 9.88. The van der Waals surface area contributed by atoms with Gasteiger partial charge in [0.2, 0.25) is 0 Å². The summed E-state index contributed by atoms with van der Waals surface area (Å²) in [4.78, 5) is 10.3. The van der Waals surface area contributed by atoms with E-state index >= 15 is 0 Å². The number of anilines is 3. The van der Waals surface area contributed by atoms with Gasteiger partial charge in [-0.15, -0.1) is 0 Å². The van der Waals surface area contributed by atoms with Crippen molar-refractivity contribution in [2.45, 2.75) is 12.5 Å². The van der Waals surface area contributed by atoms with E-state index < -0.39 is 9.84 Å². The highest BCUT2D eigenvalue weighted by molar-refractivity contribution is 7.91. The lowest BCUT2D eigenvalue weighted by Crippen LogP contribution is -2.33. The first kappa shape index (κ1) is 17.3. The maximum absolute atomic E-state index is 11.7. The molecule has 1 aliphatic rings. The quantitative estimate of drug-likeness (QED) is 0.869. The summed E-state index contributed by atoms with van der Waals surface area (Å²) in [6.07, 6.45) is 2.04. The molecular weight excluding hydrogens is 371 g/mol. The van der Waals surface area contributed by atoms with Crippen LogP contribution in [0.2, 0.25) is 10.0 Å². The zero-order valence-electron chi connectivity index (χ0n) is 12.9. The summed E-state index contributed by atoms with van der Waals surface area (Å²) in [5.41, 5.74) is 0.711. The van der Waals surface area contributed by atoms with Crippen LogP contribution in [0.5, 0.6) is 0 Å². The van der Waals surface area contributed by atoms with Crippen molar-refractivity contribution < 1.29 is 8.42 Å². The molecule has 1 aliphatic heterocycles. The van der Waals surface area contributed by atoms with E-state index in [0.717, 1.165) is 0 Å². The topological polar surface area (TPSA) is 75.2 Å². The van der Waals surface area contributed by atoms with Crippen molar-refractivity contribution in [2.75, 3.05) is 28.8 Å². The van der Waals surface area contributed by atoms with Gasteiger partial charge < -0.3 is 10.2 Å². The van der Waals surface area contributed by atoms with Gasteiger partial charge in [-0.2, -0.15) is 0 Å². The lowest BCUT2D eigenvalue weighted by atomic mass is 10.2. The number of aromatic nitrogens is 2. The standard InChI is InChI=1S/C15H16Cl2N4O2S/c1-21(13-2-3-24(22,23)8-13)15-7-14(18-9-19-15)20-12-5-10(16)4-11(17)6-12/h4-7,9,13H,2-3,8H2,1H3,(H,18,19,20). The van der Waals surface area contributed by atoms with Crippen LogP contribution in [0.1, 0.15) is 6.42 Å². The first-order chi connectivity index (χ1) is 11.3. The molecule has 9 heteroatoms. The number of hydrogen-bond acceptors (Lipinski definition) is 6. The molecular formula is C15H16Cl2N4O2S. The van der Waals surface area contributed by atoms with Gasteiger partial charge in [-0.3, -0.25) is 0 Å². The Hall–Kier alpha value is -1.57. The fourth-order valence-electron chi connectivity index (χ4n) is 2.65. The van der Waals surface area contributed by atoms with Crippen molar-refractivity contribution in [3.8, 4) is 0 Å². The minimum Gasteiger partial charge on any atom is -0.355 e. The maximum Gasteiger partial charge on any atom is 0.152 e. The van der Waals surface area contributed by atoms with Crippen molar-refractivity contribution >= 4 is 50.4 Å². The van der Waals surface area contributed by atoms with Gasteiger partial charge in [0, 0.05) is 34.9 Å². The lowest BCUT2D eigenvalue weighted by molar-refractivity contribution is 0.600. The minimum atomic E-state index is -2.95. The number of benzene rings is 1. The third-order valence-corrected chi connectivity index (χ3v) is 6.09. The number of sulfone groups is 1. The maximum atomic E-state index is 11.7. The molecule has 3 rings (SSSR count). The van der Waals surface area contributed by atoms with Crippen LogP contribution in [0.3, 0.4) is 0 Å². The third-order valence-electron chi connectivity index (χ3n) is 3.91. The molecule has 0 radical (unpaired) electrons. The Morgan fingerprint density at radius 2 is 1.88 bits per heavy atom. The predicted molar refractivity (Wildman–Crippen MR) is 97.2 cm³/mol. The molecule has 0 aliphatic carbocycles. The molecule has 2 heterocycles. The van der Waals surface area contributed by atoms with Crippen molar-refractivity contribution in [3.05, 3.63) is 40.6 Å². The molecule has 0 saturated carbocycles. The van der Waals surface area contributed by atoms with Gasteiger partial charge in [-0.1, -0.05) is 23.2 Å². The van der Waals surface area contributed by atoms with Crippen molar-refractivity contribution in [3.63, 3.8) is 0 Å². The SMILES string of the molecule is CN(c1cc(Nc2cc(Cl)cc(Cl)c2)ncn1)C1CCS(=O)(=O)C1. The second-order valence-corrected chi connectivity index (χ2v) is 8.81. The summed E-state index contributed by atoms with van der Waals surface area (Å²) in [5.74, 6) is 1.60. The van der Waals surface area contributed by atoms with Gasteiger partial charge in [0.1, 0.15) is 18.0 Å². The van der Waals surface area contributed by atoms with E-state index in [4.69, 9.17) is 23.2 Å². The van der Waals surface area contributed by atoms with Gasteiger partial charge in [0.25, 0.3) is 0 Å². The van der Waals surface area contributed by atoms with Gasteiger partial charge >= 0.3 is 0 Å². The first-order valence-electron chi connectivity index (χ1n) is 7.31. The number of rotatable bonds is 4. The molecule has 128 valence electrons. The van der Waals surface area contributed by atoms with Crippen LogP contribution in [0.15, 0.2) is 30.6 Å². The molecule has 0 amide bonds. The fraction of sp³-hybridized carbons (Fsp3) is 0.333. The van der Waals surface area contributed by atoms with Crippen molar-refractivity contribution in [1.82, 2.24) is 9.97 Å². The van der Waals surface area contributed by atoms with E-state index in [1.807, 2.05) is 11.9 Å². The van der Waals surface area contributed by atoms with Crippen LogP contribution in [-0.2, 0) is 9.84 Å². The highest BCUT2D eigenvalue weighted by Crippen LogP contribution is 2.26. The zero-order valence-corrected chi connectivity index (χ0v) is 15.2. The second-order valence-electron chi connectivity index (χ2n) is 5.71. The second kappa shape index (κ2) is 6.74. The summed E-state index contributed by atoms with van der Waals surface area (Å²) < 4.78 is 23.3. The number of nitrogens with one attached hydrogen (secondary N) is 1. The summed E-state index contributed by atoms with van der Waals surface area (Å²) >= 11 is 12.0. The summed E-state index contributed by atoms with van der Waals surface area (Å²) in [7, 11) is -1.11. The van der Waals surface area contributed by atoms with Gasteiger partial charge in [-0.25, -0.2) is 18.4 Å². The summed E-state index contributed by atoms with van der Waals surface area (Å²) in [6.45, 7) is 0. The Morgan fingerprint density at radius 1 is 1.17 bits per heavy atom. The molecule has 1 saturated heterocycles. The van der Waals surface area contributed by atoms with E-state index in [1.54, 1.807) is 24.3 Å². The molecule has 1 aromatic carbocycles. The van der Waals surface area contributed by atoms with E-state index in [-0.39, 0.29) is 17.5 Å². The highest BCUT2D eigenvalue weighted by Gasteiger charge is 2.31. The van der Waals surface area contributed by atoms with Crippen LogP contribution < -0.4 is 10.2 Å². The minimum absolute atomic E-state index is 0.0710. The van der Waals surface area contributed by atoms with Gasteiger partial charge in [0.05, 0.1) is 11.5 Å². The van der Waals surface area contributed by atoms with E-state index in [1.165, 1.54) is 6.33 Å². The molecule has 6 nitrogen and oxygen atoms in total. The molecule has 24 heavy (non-hydrogen) atoms. The van der Waals surface area contributed by atoms with Gasteiger partial charge in [-0.05, 0) is 24.6 Å². The van der Waals surface area contributed by atoms with Gasteiger partial charge in [0.15, 0.2) is 9.84 Å². The number of nitrogens with zero attached hydrogens (tertiary/aromatic N) is 3. The number of hydrogen-bond donors (Lipinski definition) is 1. The molecule has 0 bridgehead atoms. The van der Waals surface area contributed by atoms with Crippen LogP contribution in [0, 0.1) is 0 Å². The van der Waals surface area contributed by atoms with Crippen LogP contribution >= 0.6 is 23.2 Å². The Balaban J connectivity index is 1.79. The average Bonchev–Trinajstić information content (AvgIpc) is 2.86. The largest absolute Gasteiger partial charge is 0.355 e. The molecule has 0 spiro atoms. The Kier molecular flexibility index (Phi) is 4.85. The van der Waals surface area contributed by atoms with Crippen LogP contribution in [-0.4, -0.2) is 43.0 Å². The molecule has 1 unspecified atom stereocenters. The van der Waals surface area contributed by atoms with Crippen LogP contribution in [0.25, 0.3) is 0 Å². The van der Waals surface area contributed by atoms with E-state index in [0.29, 0.717) is 33.8 Å². The molecule has 2 aromatic rings. The monoisotopic (exact) mass is 386 g/mol. The summed E-state index contributed by atoms with van der Waals surface area (Å²) in [6, 6.07) is 6.82. The smallest absolute Gasteiger partial charge is 0.152 e. The third kappa shape index (κ3) is 4.09. The molecule has 1 N–H and O–H groups in total. The molecule has 1 atom stereocenters.